The molecule has 2 N–H and O–H groups in total. The van der Waals surface area contributed by atoms with Gasteiger partial charge in [0.1, 0.15) is 10.4 Å². The summed E-state index contributed by atoms with van der Waals surface area (Å²) in [6.07, 6.45) is 0. The average Bonchev–Trinajstić information content (AvgIpc) is 2.14. The summed E-state index contributed by atoms with van der Waals surface area (Å²) in [5, 5.41) is 1.21. The Morgan fingerprint density at radius 1 is 1.38 bits per heavy atom. The Hall–Kier alpha value is -0.490. The van der Waals surface area contributed by atoms with Crippen LogP contribution < -0.4 is 10.6 Å². The highest BCUT2D eigenvalue weighted by molar-refractivity contribution is 9.10. The Kier molecular flexibility index (Phi) is 3.59. The summed E-state index contributed by atoms with van der Waals surface area (Å²) in [4.78, 5) is 10.9. The van der Waals surface area contributed by atoms with Crippen molar-refractivity contribution >= 4 is 39.5 Å². The van der Waals surface area contributed by atoms with Crippen molar-refractivity contribution in [2.45, 2.75) is 24.3 Å². The van der Waals surface area contributed by atoms with E-state index >= 15 is 0 Å². The molecule has 2 atom stereocenters. The van der Waals surface area contributed by atoms with Crippen LogP contribution in [0.5, 0.6) is 0 Å². The first-order valence-electron chi connectivity index (χ1n) is 5.25. The van der Waals surface area contributed by atoms with Gasteiger partial charge in [0, 0.05) is 29.7 Å². The number of thioether (sulfide) groups is 1. The molecule has 1 aromatic heterocycles. The molecule has 2 heterocycles. The smallest absolute Gasteiger partial charge is 0.228 e. The number of nitrogen functional groups attached to an aromatic ring is 1. The average molecular weight is 303 g/mol. The van der Waals surface area contributed by atoms with Crippen molar-refractivity contribution in [2.24, 2.45) is 0 Å². The lowest BCUT2D eigenvalue weighted by molar-refractivity contribution is 0.706. The molecule has 0 amide bonds. The number of nitrogens with two attached hydrogens (primary N) is 1. The Morgan fingerprint density at radius 2 is 2.00 bits per heavy atom. The monoisotopic (exact) mass is 302 g/mol. The van der Waals surface area contributed by atoms with Gasteiger partial charge in [-0.2, -0.15) is 16.7 Å². The van der Waals surface area contributed by atoms with E-state index in [2.05, 4.69) is 44.6 Å². The van der Waals surface area contributed by atoms with Crippen LogP contribution in [0.4, 0.5) is 11.8 Å². The van der Waals surface area contributed by atoms with Crippen molar-refractivity contribution in [2.75, 3.05) is 23.7 Å². The van der Waals surface area contributed by atoms with E-state index in [0.717, 1.165) is 23.6 Å². The largest absolute Gasteiger partial charge is 0.383 e. The molecule has 0 bridgehead atoms. The maximum absolute atomic E-state index is 5.72. The molecule has 2 rings (SSSR count). The maximum atomic E-state index is 5.72. The lowest BCUT2D eigenvalue weighted by Gasteiger charge is -2.34. The zero-order chi connectivity index (χ0) is 11.7. The minimum absolute atomic E-state index is 0.510. The standard InChI is InChI=1S/C10H15BrN4S/c1-6-4-15(5-7(2)16-6)10-13-8(11)3-9(12)14-10/h3,6-7H,4-5H2,1-2H3,(H2,12,13,14). The molecule has 1 fully saturated rings. The van der Waals surface area contributed by atoms with Gasteiger partial charge < -0.3 is 10.6 Å². The lowest BCUT2D eigenvalue weighted by atomic mass is 10.3. The summed E-state index contributed by atoms with van der Waals surface area (Å²) in [6, 6.07) is 1.72. The minimum Gasteiger partial charge on any atom is -0.383 e. The summed E-state index contributed by atoms with van der Waals surface area (Å²) in [6.45, 7) is 6.42. The summed E-state index contributed by atoms with van der Waals surface area (Å²) < 4.78 is 0.744. The van der Waals surface area contributed by atoms with E-state index in [1.165, 1.54) is 0 Å². The summed E-state index contributed by atoms with van der Waals surface area (Å²) in [5.74, 6) is 1.24. The molecule has 0 aliphatic carbocycles. The molecule has 0 radical (unpaired) electrons. The molecule has 0 spiro atoms. The highest BCUT2D eigenvalue weighted by Gasteiger charge is 2.24. The molecule has 16 heavy (non-hydrogen) atoms. The summed E-state index contributed by atoms with van der Waals surface area (Å²) in [7, 11) is 0. The molecule has 4 nitrogen and oxygen atoms in total. The number of hydrogen-bond donors (Lipinski definition) is 1. The predicted octanol–water partition coefficient (Wildman–Crippen LogP) is 2.15. The molecule has 2 unspecified atom stereocenters. The third-order valence-electron chi connectivity index (χ3n) is 2.41. The van der Waals surface area contributed by atoms with Crippen molar-refractivity contribution in [1.29, 1.82) is 0 Å². The van der Waals surface area contributed by atoms with Crippen molar-refractivity contribution in [1.82, 2.24) is 9.97 Å². The van der Waals surface area contributed by atoms with Crippen molar-refractivity contribution in [3.8, 4) is 0 Å². The molecule has 88 valence electrons. The van der Waals surface area contributed by atoms with E-state index in [0.29, 0.717) is 16.3 Å². The van der Waals surface area contributed by atoms with Gasteiger partial charge in [-0.25, -0.2) is 4.98 Å². The SMILES string of the molecule is CC1CN(c2nc(N)cc(Br)n2)CC(C)S1. The van der Waals surface area contributed by atoms with Gasteiger partial charge in [-0.15, -0.1) is 0 Å². The van der Waals surface area contributed by atoms with Crippen LogP contribution in [-0.4, -0.2) is 33.6 Å². The number of anilines is 2. The fraction of sp³-hybridized carbons (Fsp3) is 0.600. The second-order valence-electron chi connectivity index (χ2n) is 4.08. The number of rotatable bonds is 1. The highest BCUT2D eigenvalue weighted by atomic mass is 79.9. The number of aromatic nitrogens is 2. The van der Waals surface area contributed by atoms with Gasteiger partial charge in [0.15, 0.2) is 0 Å². The summed E-state index contributed by atoms with van der Waals surface area (Å²) >= 11 is 5.35. The first-order chi connectivity index (χ1) is 7.54. The third kappa shape index (κ3) is 2.79. The van der Waals surface area contributed by atoms with Gasteiger partial charge in [-0.05, 0) is 15.9 Å². The van der Waals surface area contributed by atoms with Crippen LogP contribution >= 0.6 is 27.7 Å². The quantitative estimate of drug-likeness (QED) is 0.806. The maximum Gasteiger partial charge on any atom is 0.228 e. The van der Waals surface area contributed by atoms with E-state index in [1.54, 1.807) is 6.07 Å². The minimum atomic E-state index is 0.510. The predicted molar refractivity (Wildman–Crippen MR) is 72.9 cm³/mol. The first kappa shape index (κ1) is 12.0. The molecule has 6 heteroatoms. The molecular formula is C10H15BrN4S. The normalized spacial score (nSPS) is 25.8. The molecule has 0 saturated carbocycles. The van der Waals surface area contributed by atoms with Crippen LogP contribution in [0.25, 0.3) is 0 Å². The zero-order valence-electron chi connectivity index (χ0n) is 9.35. The Bertz CT molecular complexity index is 357. The zero-order valence-corrected chi connectivity index (χ0v) is 11.8. The fourth-order valence-corrected chi connectivity index (χ4v) is 3.62. The van der Waals surface area contributed by atoms with Gasteiger partial charge in [0.25, 0.3) is 0 Å². The molecule has 1 aromatic rings. The fourth-order valence-electron chi connectivity index (χ4n) is 1.91. The van der Waals surface area contributed by atoms with Gasteiger partial charge in [-0.1, -0.05) is 13.8 Å². The van der Waals surface area contributed by atoms with Crippen LogP contribution in [0, 0.1) is 0 Å². The van der Waals surface area contributed by atoms with E-state index in [4.69, 9.17) is 5.73 Å². The van der Waals surface area contributed by atoms with Crippen molar-refractivity contribution in [3.63, 3.8) is 0 Å². The van der Waals surface area contributed by atoms with Crippen LogP contribution in [0.1, 0.15) is 13.8 Å². The molecule has 1 aliphatic heterocycles. The topological polar surface area (TPSA) is 55.0 Å². The molecular weight excluding hydrogens is 288 g/mol. The van der Waals surface area contributed by atoms with E-state index in [1.807, 2.05) is 11.8 Å². The van der Waals surface area contributed by atoms with Gasteiger partial charge in [0.2, 0.25) is 5.95 Å². The van der Waals surface area contributed by atoms with Crippen LogP contribution in [0.15, 0.2) is 10.7 Å². The Balaban J connectivity index is 2.22. The Labute approximate surface area is 108 Å². The lowest BCUT2D eigenvalue weighted by Crippen LogP contribution is -2.41. The van der Waals surface area contributed by atoms with Crippen molar-refractivity contribution in [3.05, 3.63) is 10.7 Å². The number of nitrogens with zero attached hydrogens (tertiary/aromatic N) is 3. The van der Waals surface area contributed by atoms with E-state index in [-0.39, 0.29) is 0 Å². The van der Waals surface area contributed by atoms with Crippen LogP contribution in [0.2, 0.25) is 0 Å². The van der Waals surface area contributed by atoms with E-state index < -0.39 is 0 Å². The number of hydrogen-bond acceptors (Lipinski definition) is 5. The van der Waals surface area contributed by atoms with Crippen molar-refractivity contribution < 1.29 is 0 Å². The van der Waals surface area contributed by atoms with Gasteiger partial charge in [0.05, 0.1) is 0 Å². The van der Waals surface area contributed by atoms with Gasteiger partial charge in [-0.3, -0.25) is 0 Å². The van der Waals surface area contributed by atoms with Gasteiger partial charge >= 0.3 is 0 Å². The second kappa shape index (κ2) is 4.79. The molecule has 0 aromatic carbocycles. The van der Waals surface area contributed by atoms with Crippen LogP contribution in [0.3, 0.4) is 0 Å². The molecule has 1 aliphatic rings. The van der Waals surface area contributed by atoms with E-state index in [9.17, 15) is 0 Å². The highest BCUT2D eigenvalue weighted by Crippen LogP contribution is 2.27. The third-order valence-corrected chi connectivity index (χ3v) is 4.04. The molecule has 1 saturated heterocycles. The second-order valence-corrected chi connectivity index (χ2v) is 6.77. The van der Waals surface area contributed by atoms with Crippen LogP contribution in [-0.2, 0) is 0 Å². The Morgan fingerprint density at radius 3 is 2.56 bits per heavy atom. The number of halogens is 1. The first-order valence-corrected chi connectivity index (χ1v) is 6.98. The summed E-state index contributed by atoms with van der Waals surface area (Å²) in [5.41, 5.74) is 5.72.